The van der Waals surface area contributed by atoms with Gasteiger partial charge in [0.15, 0.2) is 5.16 Å². The van der Waals surface area contributed by atoms with Gasteiger partial charge in [0, 0.05) is 24.4 Å². The standard InChI is InChI=1S/C30H36N4O3S2/c1-17-5-6-18(2)22(7-17)23-15-38-27(26(23)28(36)37-4)31-25(35)16-39-29-33-32-24(34(29)3)14-30-11-19-8-20(12-30)10-21(9-19)13-30/h5-7,15,19-21H,8-14,16H2,1-4H3,(H,31,35). The van der Waals surface area contributed by atoms with Crippen molar-refractivity contribution in [3.8, 4) is 11.1 Å². The molecule has 206 valence electrons. The van der Waals surface area contributed by atoms with E-state index in [0.29, 0.717) is 16.0 Å². The molecule has 3 aromatic rings. The first kappa shape index (κ1) is 26.6. The van der Waals surface area contributed by atoms with E-state index in [1.165, 1.54) is 68.7 Å². The molecular weight excluding hydrogens is 528 g/mol. The zero-order valence-electron chi connectivity index (χ0n) is 23.1. The zero-order valence-corrected chi connectivity index (χ0v) is 24.7. The molecular formula is C30H36N4O3S2. The highest BCUT2D eigenvalue weighted by molar-refractivity contribution is 7.99. The summed E-state index contributed by atoms with van der Waals surface area (Å²) in [5.74, 6) is 3.28. The Bertz CT molecular complexity index is 1390. The molecule has 2 heterocycles. The van der Waals surface area contributed by atoms with Crippen molar-refractivity contribution in [2.24, 2.45) is 30.2 Å². The molecule has 7 rings (SSSR count). The second-order valence-electron chi connectivity index (χ2n) is 12.1. The average Bonchev–Trinajstić information content (AvgIpc) is 3.45. The first-order valence-electron chi connectivity index (χ1n) is 13.8. The lowest BCUT2D eigenvalue weighted by Crippen LogP contribution is -2.47. The van der Waals surface area contributed by atoms with Gasteiger partial charge in [0.25, 0.3) is 0 Å². The molecule has 2 aromatic heterocycles. The molecule has 1 amide bonds. The molecule has 0 unspecified atom stereocenters. The van der Waals surface area contributed by atoms with Crippen LogP contribution in [0.4, 0.5) is 5.00 Å². The number of methoxy groups -OCH3 is 1. The summed E-state index contributed by atoms with van der Waals surface area (Å²) < 4.78 is 7.16. The van der Waals surface area contributed by atoms with Gasteiger partial charge in [0.2, 0.25) is 5.91 Å². The molecule has 0 saturated heterocycles. The van der Waals surface area contributed by atoms with Gasteiger partial charge in [-0.25, -0.2) is 4.79 Å². The van der Waals surface area contributed by atoms with Crippen molar-refractivity contribution >= 4 is 40.0 Å². The van der Waals surface area contributed by atoms with E-state index >= 15 is 0 Å². The number of hydrogen-bond donors (Lipinski definition) is 1. The third-order valence-electron chi connectivity index (χ3n) is 9.07. The van der Waals surface area contributed by atoms with E-state index in [4.69, 9.17) is 4.74 Å². The number of aryl methyl sites for hydroxylation is 2. The second kappa shape index (κ2) is 10.4. The molecule has 1 aromatic carbocycles. The van der Waals surface area contributed by atoms with Crippen molar-refractivity contribution in [1.29, 1.82) is 0 Å². The number of ether oxygens (including phenoxy) is 1. The molecule has 9 heteroatoms. The van der Waals surface area contributed by atoms with Gasteiger partial charge in [0.1, 0.15) is 16.4 Å². The Kier molecular flexibility index (Phi) is 7.08. The van der Waals surface area contributed by atoms with Crippen LogP contribution < -0.4 is 5.32 Å². The molecule has 0 radical (unpaired) electrons. The molecule has 39 heavy (non-hydrogen) atoms. The number of thiophene rings is 1. The monoisotopic (exact) mass is 564 g/mol. The first-order valence-corrected chi connectivity index (χ1v) is 15.7. The molecule has 4 saturated carbocycles. The average molecular weight is 565 g/mol. The van der Waals surface area contributed by atoms with E-state index < -0.39 is 5.97 Å². The number of anilines is 1. The van der Waals surface area contributed by atoms with Crippen LogP contribution in [0.2, 0.25) is 0 Å². The van der Waals surface area contributed by atoms with Gasteiger partial charge in [-0.1, -0.05) is 35.5 Å². The van der Waals surface area contributed by atoms with Crippen molar-refractivity contribution in [3.05, 3.63) is 46.1 Å². The zero-order chi connectivity index (χ0) is 27.3. The van der Waals surface area contributed by atoms with E-state index in [0.717, 1.165) is 57.4 Å². The summed E-state index contributed by atoms with van der Waals surface area (Å²) in [4.78, 5) is 25.8. The van der Waals surface area contributed by atoms with Gasteiger partial charge < -0.3 is 14.6 Å². The Morgan fingerprint density at radius 1 is 1.10 bits per heavy atom. The van der Waals surface area contributed by atoms with Gasteiger partial charge in [-0.2, -0.15) is 0 Å². The summed E-state index contributed by atoms with van der Waals surface area (Å²) in [5, 5.41) is 15.1. The van der Waals surface area contributed by atoms with Gasteiger partial charge in [0.05, 0.1) is 12.9 Å². The Labute approximate surface area is 238 Å². The van der Waals surface area contributed by atoms with Gasteiger partial charge in [-0.05, 0) is 86.7 Å². The number of hydrogen-bond acceptors (Lipinski definition) is 7. The number of amides is 1. The van der Waals surface area contributed by atoms with Crippen LogP contribution in [0, 0.1) is 37.0 Å². The topological polar surface area (TPSA) is 86.1 Å². The number of carbonyl (C=O) groups is 2. The van der Waals surface area contributed by atoms with E-state index in [-0.39, 0.29) is 11.7 Å². The Morgan fingerprint density at radius 2 is 1.79 bits per heavy atom. The maximum Gasteiger partial charge on any atom is 0.341 e. The molecule has 7 nitrogen and oxygen atoms in total. The number of esters is 1. The van der Waals surface area contributed by atoms with E-state index in [2.05, 4.69) is 26.1 Å². The van der Waals surface area contributed by atoms with Crippen LogP contribution in [0.5, 0.6) is 0 Å². The lowest BCUT2D eigenvalue weighted by molar-refractivity contribution is -0.113. The summed E-state index contributed by atoms with van der Waals surface area (Å²) in [6.07, 6.45) is 9.30. The normalized spacial score (nSPS) is 25.2. The summed E-state index contributed by atoms with van der Waals surface area (Å²) in [5.41, 5.74) is 4.69. The predicted molar refractivity (Wildman–Crippen MR) is 155 cm³/mol. The molecule has 4 aliphatic rings. The largest absolute Gasteiger partial charge is 0.465 e. The first-order chi connectivity index (χ1) is 18.7. The van der Waals surface area contributed by atoms with Gasteiger partial charge in [-0.3, -0.25) is 4.79 Å². The number of rotatable bonds is 8. The SMILES string of the molecule is COC(=O)c1c(-c2cc(C)ccc2C)csc1NC(=O)CSc1nnc(CC23CC4CC(CC(C4)C2)C3)n1C. The van der Waals surface area contributed by atoms with Crippen molar-refractivity contribution in [1.82, 2.24) is 14.8 Å². The van der Waals surface area contributed by atoms with Crippen molar-refractivity contribution in [3.63, 3.8) is 0 Å². The maximum atomic E-state index is 13.0. The minimum Gasteiger partial charge on any atom is -0.465 e. The summed E-state index contributed by atoms with van der Waals surface area (Å²) >= 11 is 2.72. The van der Waals surface area contributed by atoms with E-state index in [1.54, 1.807) is 0 Å². The lowest BCUT2D eigenvalue weighted by atomic mass is 9.49. The number of benzene rings is 1. The van der Waals surface area contributed by atoms with Crippen molar-refractivity contribution in [2.45, 2.75) is 63.9 Å². The van der Waals surface area contributed by atoms with Crippen LogP contribution >= 0.6 is 23.1 Å². The Morgan fingerprint density at radius 3 is 2.46 bits per heavy atom. The van der Waals surface area contributed by atoms with E-state index in [9.17, 15) is 9.59 Å². The van der Waals surface area contributed by atoms with E-state index in [1.807, 2.05) is 38.4 Å². The molecule has 4 fully saturated rings. The van der Waals surface area contributed by atoms with Crippen molar-refractivity contribution < 1.29 is 14.3 Å². The molecule has 0 aliphatic heterocycles. The van der Waals surface area contributed by atoms with Crippen LogP contribution in [0.1, 0.15) is 65.8 Å². The number of nitrogens with one attached hydrogen (secondary N) is 1. The maximum absolute atomic E-state index is 13.0. The second-order valence-corrected chi connectivity index (χ2v) is 13.9. The Balaban J connectivity index is 1.13. The predicted octanol–water partition coefficient (Wildman–Crippen LogP) is 6.44. The van der Waals surface area contributed by atoms with Crippen molar-refractivity contribution in [2.75, 3.05) is 18.2 Å². The van der Waals surface area contributed by atoms with Gasteiger partial charge >= 0.3 is 5.97 Å². The van der Waals surface area contributed by atoms with Crippen LogP contribution in [0.3, 0.4) is 0 Å². The van der Waals surface area contributed by atoms with Gasteiger partial charge in [-0.15, -0.1) is 21.5 Å². The highest BCUT2D eigenvalue weighted by atomic mass is 32.2. The highest BCUT2D eigenvalue weighted by Gasteiger charge is 2.51. The third-order valence-corrected chi connectivity index (χ3v) is 11.0. The number of aromatic nitrogens is 3. The molecule has 4 aliphatic carbocycles. The van der Waals surface area contributed by atoms with Crippen LogP contribution in [-0.4, -0.2) is 39.5 Å². The number of nitrogens with zero attached hydrogens (tertiary/aromatic N) is 3. The summed E-state index contributed by atoms with van der Waals surface area (Å²) in [7, 11) is 3.38. The fourth-order valence-electron chi connectivity index (χ4n) is 7.74. The fraction of sp³-hybridized carbons (Fsp3) is 0.533. The third kappa shape index (κ3) is 5.15. The molecule has 0 spiro atoms. The Hall–Kier alpha value is -2.65. The van der Waals surface area contributed by atoms with Crippen LogP contribution in [-0.2, 0) is 23.0 Å². The summed E-state index contributed by atoms with van der Waals surface area (Å²) in [6, 6.07) is 6.14. The van der Waals surface area contributed by atoms with Crippen LogP contribution in [0.25, 0.3) is 11.1 Å². The quantitative estimate of drug-likeness (QED) is 0.250. The summed E-state index contributed by atoms with van der Waals surface area (Å²) in [6.45, 7) is 4.04. The minimum atomic E-state index is -0.460. The number of thioether (sulfide) groups is 1. The fourth-order valence-corrected chi connectivity index (χ4v) is 9.43. The van der Waals surface area contributed by atoms with Crippen LogP contribution in [0.15, 0.2) is 28.7 Å². The smallest absolute Gasteiger partial charge is 0.341 e. The molecule has 1 N–H and O–H groups in total. The minimum absolute atomic E-state index is 0.181. The highest BCUT2D eigenvalue weighted by Crippen LogP contribution is 2.61. The molecule has 4 bridgehead atoms. The number of carbonyl (C=O) groups excluding carboxylic acids is 2. The lowest BCUT2D eigenvalue weighted by Gasteiger charge is -2.56. The molecule has 0 atom stereocenters.